The Labute approximate surface area is 107 Å². The van der Waals surface area contributed by atoms with Crippen molar-refractivity contribution in [3.05, 3.63) is 30.1 Å². The molecular weight excluding hydrogens is 262 g/mol. The van der Waals surface area contributed by atoms with E-state index >= 15 is 0 Å². The third-order valence-corrected chi connectivity index (χ3v) is 1.84. The van der Waals surface area contributed by atoms with E-state index in [-0.39, 0.29) is 17.4 Å². The van der Waals surface area contributed by atoms with Gasteiger partial charge < -0.3 is 10.8 Å². The van der Waals surface area contributed by atoms with Crippen molar-refractivity contribution in [2.75, 3.05) is 0 Å². The molecule has 0 aromatic carbocycles. The second-order valence-corrected chi connectivity index (χ2v) is 3.35. The van der Waals surface area contributed by atoms with Crippen LogP contribution in [0.1, 0.15) is 0 Å². The molecule has 1 heterocycles. The first-order valence-electron chi connectivity index (χ1n) is 4.78. The fourth-order valence-corrected chi connectivity index (χ4v) is 0.974. The fourth-order valence-electron chi connectivity index (χ4n) is 0.974. The average molecular weight is 269 g/mol. The highest BCUT2D eigenvalue weighted by atomic mass is 19.4. The van der Waals surface area contributed by atoms with E-state index in [0.29, 0.717) is 0 Å². The Bertz CT molecular complexity index is 538. The molecule has 1 aromatic rings. The number of pyridine rings is 1. The molecule has 0 aliphatic rings. The van der Waals surface area contributed by atoms with E-state index in [4.69, 9.17) is 18.7 Å². The van der Waals surface area contributed by atoms with Gasteiger partial charge in [0.05, 0.1) is 0 Å². The second-order valence-electron chi connectivity index (χ2n) is 3.35. The molecule has 5 nitrogen and oxygen atoms in total. The molecule has 0 saturated heterocycles. The van der Waals surface area contributed by atoms with Gasteiger partial charge in [-0.15, -0.1) is 0 Å². The summed E-state index contributed by atoms with van der Waals surface area (Å²) in [5.41, 5.74) is 2.74. The first-order chi connectivity index (χ1) is 8.70. The molecule has 1 rings (SSSR count). The second kappa shape index (κ2) is 5.55. The van der Waals surface area contributed by atoms with Crippen LogP contribution in [0.2, 0.25) is 0 Å². The summed E-state index contributed by atoms with van der Waals surface area (Å²) in [5.74, 6) is -1.95. The van der Waals surface area contributed by atoms with E-state index in [1.54, 1.807) is 0 Å². The van der Waals surface area contributed by atoms with Gasteiger partial charge in [0, 0.05) is 6.20 Å². The average Bonchev–Trinajstić information content (AvgIpc) is 2.29. The van der Waals surface area contributed by atoms with Gasteiger partial charge in [-0.05, 0) is 12.1 Å². The Morgan fingerprint density at radius 1 is 1.47 bits per heavy atom. The summed E-state index contributed by atoms with van der Waals surface area (Å²) in [6.45, 7) is 0. The number of carbonyl (C=O) groups is 1. The lowest BCUT2D eigenvalue weighted by Crippen LogP contribution is -2.23. The molecule has 19 heavy (non-hydrogen) atoms. The van der Waals surface area contributed by atoms with Gasteiger partial charge in [-0.1, -0.05) is 11.5 Å². The van der Waals surface area contributed by atoms with Crippen LogP contribution in [0.25, 0.3) is 0 Å². The third kappa shape index (κ3) is 4.45. The van der Waals surface area contributed by atoms with Crippen molar-refractivity contribution >= 4 is 30.8 Å². The van der Waals surface area contributed by atoms with Gasteiger partial charge in [0.25, 0.3) is 0 Å². The zero-order chi connectivity index (χ0) is 14.6. The van der Waals surface area contributed by atoms with Crippen molar-refractivity contribution in [2.24, 2.45) is 10.7 Å². The molecule has 0 unspecified atom stereocenters. The van der Waals surface area contributed by atoms with Gasteiger partial charge in [-0.2, -0.15) is 13.2 Å². The van der Waals surface area contributed by atoms with Gasteiger partial charge in [-0.3, -0.25) is 0 Å². The number of allylic oxidation sites excluding steroid dienone is 1. The van der Waals surface area contributed by atoms with Crippen LogP contribution >= 0.6 is 0 Å². The number of carboxylic acid groups (broad SMARTS) is 1. The van der Waals surface area contributed by atoms with Crippen molar-refractivity contribution in [3.63, 3.8) is 0 Å². The Morgan fingerprint density at radius 2 is 2.11 bits per heavy atom. The number of nitrogens with two attached hydrogens (primary N) is 1. The maximum absolute atomic E-state index is 12.6. The number of aliphatic imine (C=N–C) groups is 1. The lowest BCUT2D eigenvalue weighted by Gasteiger charge is -2.07. The van der Waals surface area contributed by atoms with Gasteiger partial charge >= 0.3 is 12.1 Å². The smallest absolute Gasteiger partial charge is 0.433 e. The number of aliphatic carboxylic acids is 1. The third-order valence-electron chi connectivity index (χ3n) is 1.84. The Kier molecular flexibility index (Phi) is 4.31. The minimum atomic E-state index is -4.86. The summed E-state index contributed by atoms with van der Waals surface area (Å²) in [6.07, 6.45) is -3.51. The molecule has 98 valence electrons. The SMILES string of the molecule is [B]c1ccc(N=C(/C=C(\N)C(=O)O)C(F)(F)F)nc1. The summed E-state index contributed by atoms with van der Waals surface area (Å²) >= 11 is 0. The summed E-state index contributed by atoms with van der Waals surface area (Å²) in [6, 6.07) is 2.47. The van der Waals surface area contributed by atoms with E-state index in [0.717, 1.165) is 12.3 Å². The van der Waals surface area contributed by atoms with E-state index in [9.17, 15) is 18.0 Å². The number of alkyl halides is 3. The molecule has 0 bridgehead atoms. The molecule has 0 atom stereocenters. The van der Waals surface area contributed by atoms with Crippen LogP contribution in [-0.4, -0.2) is 35.8 Å². The summed E-state index contributed by atoms with van der Waals surface area (Å²) in [5, 5.41) is 8.45. The first kappa shape index (κ1) is 14.7. The number of hydrogen-bond donors (Lipinski definition) is 2. The van der Waals surface area contributed by atoms with Crippen LogP contribution in [0.3, 0.4) is 0 Å². The molecule has 0 aliphatic heterocycles. The van der Waals surface area contributed by atoms with E-state index < -0.39 is 23.6 Å². The molecule has 0 fully saturated rings. The van der Waals surface area contributed by atoms with Gasteiger partial charge in [-0.25, -0.2) is 14.8 Å². The molecule has 9 heteroatoms. The van der Waals surface area contributed by atoms with E-state index in [1.165, 1.54) is 6.07 Å². The van der Waals surface area contributed by atoms with Crippen molar-refractivity contribution in [3.8, 4) is 0 Å². The lowest BCUT2D eigenvalue weighted by atomic mass is 9.99. The van der Waals surface area contributed by atoms with Crippen LogP contribution in [0, 0.1) is 0 Å². The minimum Gasteiger partial charge on any atom is -0.477 e. The molecule has 3 N–H and O–H groups in total. The van der Waals surface area contributed by atoms with Crippen molar-refractivity contribution in [1.82, 2.24) is 4.98 Å². The highest BCUT2D eigenvalue weighted by molar-refractivity contribution is 6.32. The predicted octanol–water partition coefficient (Wildman–Crippen LogP) is 0.437. The fraction of sp³-hybridized carbons (Fsp3) is 0.100. The number of carboxylic acids is 1. The summed E-state index contributed by atoms with van der Waals surface area (Å²) in [7, 11) is 5.32. The molecule has 0 spiro atoms. The molecule has 1 aromatic heterocycles. The zero-order valence-corrected chi connectivity index (χ0v) is 9.35. The van der Waals surface area contributed by atoms with Crippen molar-refractivity contribution < 1.29 is 23.1 Å². The molecule has 0 amide bonds. The van der Waals surface area contributed by atoms with Crippen LogP contribution in [-0.2, 0) is 4.79 Å². The monoisotopic (exact) mass is 269 g/mol. The maximum Gasteiger partial charge on any atom is 0.433 e. The Morgan fingerprint density at radius 3 is 2.53 bits per heavy atom. The number of halogens is 3. The zero-order valence-electron chi connectivity index (χ0n) is 9.35. The largest absolute Gasteiger partial charge is 0.477 e. The standard InChI is InChI=1S/C10H7BF3N3O2/c11-5-1-2-8(16-4-5)17-7(10(12,13)14)3-6(15)9(18)19/h1-4H,15H2,(H,18,19)/b6-3-,17-7?. The lowest BCUT2D eigenvalue weighted by molar-refractivity contribution is -0.132. The number of rotatable bonds is 3. The molecule has 0 aliphatic carbocycles. The normalized spacial score (nSPS) is 13.4. The number of nitrogens with zero attached hydrogens (tertiary/aromatic N) is 2. The highest BCUT2D eigenvalue weighted by Gasteiger charge is 2.35. The quantitative estimate of drug-likeness (QED) is 0.473. The Hall–Kier alpha value is -2.32. The van der Waals surface area contributed by atoms with E-state index in [1.807, 2.05) is 0 Å². The van der Waals surface area contributed by atoms with Crippen LogP contribution in [0.15, 0.2) is 35.1 Å². The predicted molar refractivity (Wildman–Crippen MR) is 62.7 cm³/mol. The van der Waals surface area contributed by atoms with Crippen molar-refractivity contribution in [2.45, 2.75) is 6.18 Å². The number of hydrogen-bond acceptors (Lipinski definition) is 4. The van der Waals surface area contributed by atoms with E-state index in [2.05, 4.69) is 9.98 Å². The summed E-state index contributed by atoms with van der Waals surface area (Å²) < 4.78 is 37.9. The van der Waals surface area contributed by atoms with Crippen LogP contribution < -0.4 is 11.2 Å². The maximum atomic E-state index is 12.6. The molecule has 0 saturated carbocycles. The highest BCUT2D eigenvalue weighted by Crippen LogP contribution is 2.21. The van der Waals surface area contributed by atoms with Crippen LogP contribution in [0.4, 0.5) is 19.0 Å². The summed E-state index contributed by atoms with van der Waals surface area (Å²) in [4.78, 5) is 17.2. The topological polar surface area (TPSA) is 88.6 Å². The van der Waals surface area contributed by atoms with Crippen LogP contribution in [0.5, 0.6) is 0 Å². The Balaban J connectivity index is 3.22. The minimum absolute atomic E-state index is 0.223. The molecular formula is C10H7BF3N3O2. The first-order valence-corrected chi connectivity index (χ1v) is 4.78. The number of aromatic nitrogens is 1. The van der Waals surface area contributed by atoms with Gasteiger partial charge in [0.2, 0.25) is 0 Å². The van der Waals surface area contributed by atoms with Gasteiger partial charge in [0.1, 0.15) is 19.3 Å². The van der Waals surface area contributed by atoms with Gasteiger partial charge in [0.15, 0.2) is 5.82 Å². The van der Waals surface area contributed by atoms with Crippen molar-refractivity contribution in [1.29, 1.82) is 0 Å². The molecule has 2 radical (unpaired) electrons.